The Kier molecular flexibility index (Phi) is 7.47. The SMILES string of the molecule is CCCOc1ccc(C(=O)N/N=C/c2ccc(OCC)c(Br)c2)cc1. The lowest BCUT2D eigenvalue weighted by atomic mass is 10.2. The number of nitrogens with one attached hydrogen (secondary N) is 1. The molecule has 0 heterocycles. The van der Waals surface area contributed by atoms with Gasteiger partial charge in [-0.3, -0.25) is 4.79 Å². The molecule has 2 rings (SSSR count). The van der Waals surface area contributed by atoms with Gasteiger partial charge in [0, 0.05) is 5.56 Å². The molecular formula is C19H21BrN2O3. The number of carbonyl (C=O) groups excluding carboxylic acids is 1. The average molecular weight is 405 g/mol. The van der Waals surface area contributed by atoms with E-state index in [-0.39, 0.29) is 5.91 Å². The Morgan fingerprint density at radius 3 is 2.56 bits per heavy atom. The van der Waals surface area contributed by atoms with Gasteiger partial charge in [-0.25, -0.2) is 5.43 Å². The summed E-state index contributed by atoms with van der Waals surface area (Å²) < 4.78 is 11.8. The van der Waals surface area contributed by atoms with Crippen LogP contribution in [0.3, 0.4) is 0 Å². The van der Waals surface area contributed by atoms with Crippen molar-refractivity contribution in [2.24, 2.45) is 5.10 Å². The van der Waals surface area contributed by atoms with Gasteiger partial charge in [0.05, 0.1) is 23.9 Å². The van der Waals surface area contributed by atoms with Gasteiger partial charge in [-0.2, -0.15) is 5.10 Å². The van der Waals surface area contributed by atoms with Crippen LogP contribution in [-0.4, -0.2) is 25.3 Å². The Balaban J connectivity index is 1.92. The summed E-state index contributed by atoms with van der Waals surface area (Å²) in [4.78, 5) is 12.1. The Labute approximate surface area is 156 Å². The Morgan fingerprint density at radius 1 is 1.16 bits per heavy atom. The van der Waals surface area contributed by atoms with Crippen molar-refractivity contribution in [3.63, 3.8) is 0 Å². The van der Waals surface area contributed by atoms with Crippen molar-refractivity contribution in [2.75, 3.05) is 13.2 Å². The van der Waals surface area contributed by atoms with Crippen LogP contribution in [0.2, 0.25) is 0 Å². The summed E-state index contributed by atoms with van der Waals surface area (Å²) in [5, 5.41) is 3.99. The molecule has 0 aromatic heterocycles. The number of amides is 1. The van der Waals surface area contributed by atoms with Crippen molar-refractivity contribution >= 4 is 28.1 Å². The lowest BCUT2D eigenvalue weighted by Crippen LogP contribution is -2.17. The number of benzene rings is 2. The van der Waals surface area contributed by atoms with Crippen molar-refractivity contribution in [3.8, 4) is 11.5 Å². The third-order valence-electron chi connectivity index (χ3n) is 3.22. The van der Waals surface area contributed by atoms with Crippen LogP contribution in [-0.2, 0) is 0 Å². The first kappa shape index (κ1) is 19.0. The minimum absolute atomic E-state index is 0.275. The van der Waals surface area contributed by atoms with Gasteiger partial charge in [0.2, 0.25) is 0 Å². The van der Waals surface area contributed by atoms with E-state index in [2.05, 4.69) is 26.5 Å². The maximum absolute atomic E-state index is 12.1. The van der Waals surface area contributed by atoms with Gasteiger partial charge in [-0.1, -0.05) is 6.92 Å². The Morgan fingerprint density at radius 2 is 1.92 bits per heavy atom. The highest BCUT2D eigenvalue weighted by Crippen LogP contribution is 2.25. The molecule has 1 N–H and O–H groups in total. The largest absolute Gasteiger partial charge is 0.494 e. The standard InChI is InChI=1S/C19H21BrN2O3/c1-3-11-25-16-8-6-15(7-9-16)19(23)22-21-13-14-5-10-18(24-4-2)17(20)12-14/h5-10,12-13H,3-4,11H2,1-2H3,(H,22,23)/b21-13+. The molecule has 0 unspecified atom stereocenters. The van der Waals surface area contributed by atoms with Crippen LogP contribution < -0.4 is 14.9 Å². The molecule has 0 saturated carbocycles. The summed E-state index contributed by atoms with van der Waals surface area (Å²) in [6.45, 7) is 5.24. The van der Waals surface area contributed by atoms with E-state index in [0.717, 1.165) is 28.0 Å². The summed E-state index contributed by atoms with van der Waals surface area (Å²) >= 11 is 3.44. The number of nitrogens with zero attached hydrogens (tertiary/aromatic N) is 1. The number of hydrogen-bond acceptors (Lipinski definition) is 4. The summed E-state index contributed by atoms with van der Waals surface area (Å²) in [6, 6.07) is 12.6. The second kappa shape index (κ2) is 9.84. The first-order valence-electron chi connectivity index (χ1n) is 8.12. The molecule has 2 aromatic carbocycles. The highest BCUT2D eigenvalue weighted by molar-refractivity contribution is 9.10. The predicted molar refractivity (Wildman–Crippen MR) is 103 cm³/mol. The van der Waals surface area contributed by atoms with Gasteiger partial charge in [0.15, 0.2) is 0 Å². The molecule has 5 nitrogen and oxygen atoms in total. The highest BCUT2D eigenvalue weighted by atomic mass is 79.9. The number of ether oxygens (including phenoxy) is 2. The van der Waals surface area contributed by atoms with Crippen molar-refractivity contribution < 1.29 is 14.3 Å². The summed E-state index contributed by atoms with van der Waals surface area (Å²) in [5.41, 5.74) is 3.88. The lowest BCUT2D eigenvalue weighted by molar-refractivity contribution is 0.0955. The minimum atomic E-state index is -0.275. The Hall–Kier alpha value is -2.34. The van der Waals surface area contributed by atoms with E-state index >= 15 is 0 Å². The van der Waals surface area contributed by atoms with Gasteiger partial charge in [-0.05, 0) is 77.3 Å². The van der Waals surface area contributed by atoms with E-state index in [1.165, 1.54) is 0 Å². The smallest absolute Gasteiger partial charge is 0.271 e. The molecular weight excluding hydrogens is 384 g/mol. The normalized spacial score (nSPS) is 10.7. The molecule has 0 aliphatic carbocycles. The van der Waals surface area contributed by atoms with Crippen molar-refractivity contribution in [1.82, 2.24) is 5.43 Å². The van der Waals surface area contributed by atoms with E-state index < -0.39 is 0 Å². The topological polar surface area (TPSA) is 59.9 Å². The van der Waals surface area contributed by atoms with Crippen LogP contribution in [0.5, 0.6) is 11.5 Å². The van der Waals surface area contributed by atoms with Crippen LogP contribution in [0, 0.1) is 0 Å². The van der Waals surface area contributed by atoms with E-state index in [1.807, 2.05) is 32.0 Å². The van der Waals surface area contributed by atoms with Gasteiger partial charge in [0.1, 0.15) is 11.5 Å². The van der Waals surface area contributed by atoms with Crippen molar-refractivity contribution in [3.05, 3.63) is 58.1 Å². The van der Waals surface area contributed by atoms with Gasteiger partial charge < -0.3 is 9.47 Å². The molecule has 0 radical (unpaired) electrons. The fourth-order valence-electron chi connectivity index (χ4n) is 2.02. The van der Waals surface area contributed by atoms with E-state index in [1.54, 1.807) is 30.5 Å². The molecule has 0 atom stereocenters. The fourth-order valence-corrected chi connectivity index (χ4v) is 2.53. The minimum Gasteiger partial charge on any atom is -0.494 e. The Bertz CT molecular complexity index is 730. The van der Waals surface area contributed by atoms with E-state index in [9.17, 15) is 4.79 Å². The highest BCUT2D eigenvalue weighted by Gasteiger charge is 2.05. The number of hydrogen-bond donors (Lipinski definition) is 1. The second-order valence-corrected chi connectivity index (χ2v) is 6.05. The predicted octanol–water partition coefficient (Wildman–Crippen LogP) is 4.40. The third-order valence-corrected chi connectivity index (χ3v) is 3.84. The van der Waals surface area contributed by atoms with Crippen LogP contribution in [0.1, 0.15) is 36.2 Å². The second-order valence-electron chi connectivity index (χ2n) is 5.19. The summed E-state index contributed by atoms with van der Waals surface area (Å²) in [5.74, 6) is 1.25. The van der Waals surface area contributed by atoms with Gasteiger partial charge >= 0.3 is 0 Å². The third kappa shape index (κ3) is 5.90. The molecule has 0 aliphatic heterocycles. The molecule has 0 bridgehead atoms. The molecule has 6 heteroatoms. The molecule has 2 aromatic rings. The zero-order valence-corrected chi connectivity index (χ0v) is 15.9. The van der Waals surface area contributed by atoms with Crippen LogP contribution in [0.4, 0.5) is 0 Å². The maximum atomic E-state index is 12.1. The molecule has 0 fully saturated rings. The van der Waals surface area contributed by atoms with Gasteiger partial charge in [0.25, 0.3) is 5.91 Å². The first-order chi connectivity index (χ1) is 12.1. The molecule has 132 valence electrons. The molecule has 1 amide bonds. The van der Waals surface area contributed by atoms with Gasteiger partial charge in [-0.15, -0.1) is 0 Å². The molecule has 0 spiro atoms. The monoisotopic (exact) mass is 404 g/mol. The molecule has 0 aliphatic rings. The summed E-state index contributed by atoms with van der Waals surface area (Å²) in [7, 11) is 0. The zero-order chi connectivity index (χ0) is 18.1. The number of hydrazone groups is 1. The maximum Gasteiger partial charge on any atom is 0.271 e. The quantitative estimate of drug-likeness (QED) is 0.523. The van der Waals surface area contributed by atoms with Crippen molar-refractivity contribution in [1.29, 1.82) is 0 Å². The fraction of sp³-hybridized carbons (Fsp3) is 0.263. The number of rotatable bonds is 8. The van der Waals surface area contributed by atoms with Crippen LogP contribution in [0.25, 0.3) is 0 Å². The van der Waals surface area contributed by atoms with Crippen LogP contribution >= 0.6 is 15.9 Å². The molecule has 25 heavy (non-hydrogen) atoms. The number of halogens is 1. The number of carbonyl (C=O) groups is 1. The zero-order valence-electron chi connectivity index (χ0n) is 14.3. The van der Waals surface area contributed by atoms with Crippen LogP contribution in [0.15, 0.2) is 52.0 Å². The average Bonchev–Trinajstić information content (AvgIpc) is 2.62. The van der Waals surface area contributed by atoms with E-state index in [0.29, 0.717) is 18.8 Å². The molecule has 0 saturated heterocycles. The van der Waals surface area contributed by atoms with E-state index in [4.69, 9.17) is 9.47 Å². The lowest BCUT2D eigenvalue weighted by Gasteiger charge is -2.06. The first-order valence-corrected chi connectivity index (χ1v) is 8.92. The van der Waals surface area contributed by atoms with Crippen molar-refractivity contribution in [2.45, 2.75) is 20.3 Å². The summed E-state index contributed by atoms with van der Waals surface area (Å²) in [6.07, 6.45) is 2.52.